The molecule has 3 heterocycles. The predicted molar refractivity (Wildman–Crippen MR) is 188 cm³/mol. The number of alkyl halides is 2. The molecule has 2 N–H and O–H groups in total. The molecule has 2 unspecified atom stereocenters. The van der Waals surface area contributed by atoms with E-state index in [9.17, 15) is 38.2 Å². The maximum Gasteiger partial charge on any atom is 0.384 e. The van der Waals surface area contributed by atoms with Gasteiger partial charge >= 0.3 is 30.0 Å². The van der Waals surface area contributed by atoms with Crippen molar-refractivity contribution in [3.05, 3.63) is 82.8 Å². The molecule has 302 valence electrons. The lowest BCUT2D eigenvalue weighted by atomic mass is 9.86. The zero-order chi connectivity index (χ0) is 40.9. The fraction of sp³-hybridized carbons (Fsp3) is 0.487. The van der Waals surface area contributed by atoms with Gasteiger partial charge in [0.25, 0.3) is 0 Å². The summed E-state index contributed by atoms with van der Waals surface area (Å²) in [4.78, 5) is 57.0. The van der Waals surface area contributed by atoms with Gasteiger partial charge in [0.2, 0.25) is 18.3 Å². The van der Waals surface area contributed by atoms with Gasteiger partial charge < -0.3 is 43.4 Å². The molecule has 0 amide bonds. The van der Waals surface area contributed by atoms with Crippen LogP contribution in [0.15, 0.2) is 54.9 Å². The molecular formula is C39H44F2N2O13. The van der Waals surface area contributed by atoms with E-state index in [2.05, 4.69) is 9.97 Å². The maximum atomic E-state index is 14.2. The van der Waals surface area contributed by atoms with E-state index in [0.29, 0.717) is 35.2 Å². The van der Waals surface area contributed by atoms with Crippen molar-refractivity contribution in [3.63, 3.8) is 0 Å². The fourth-order valence-electron chi connectivity index (χ4n) is 6.11. The highest BCUT2D eigenvalue weighted by Gasteiger charge is 2.53. The van der Waals surface area contributed by atoms with Crippen LogP contribution in [0.2, 0.25) is 0 Å². The van der Waals surface area contributed by atoms with Gasteiger partial charge in [-0.3, -0.25) is 24.2 Å². The number of benzene rings is 1. The molecule has 2 aliphatic rings. The molecule has 1 saturated heterocycles. The zero-order valence-corrected chi connectivity index (χ0v) is 31.6. The monoisotopic (exact) mass is 786 g/mol. The van der Waals surface area contributed by atoms with Gasteiger partial charge in [0.15, 0.2) is 12.2 Å². The van der Waals surface area contributed by atoms with Crippen molar-refractivity contribution < 1.29 is 71.3 Å². The van der Waals surface area contributed by atoms with Crippen molar-refractivity contribution >= 4 is 23.9 Å². The lowest BCUT2D eigenvalue weighted by Crippen LogP contribution is -2.63. The van der Waals surface area contributed by atoms with E-state index in [1.165, 1.54) is 24.4 Å². The quantitative estimate of drug-likeness (QED) is 0.165. The van der Waals surface area contributed by atoms with Gasteiger partial charge in [-0.25, -0.2) is 4.98 Å². The number of hydrogen-bond donors (Lipinski definition) is 2. The number of aliphatic hydroxyl groups is 2. The molecular weight excluding hydrogens is 742 g/mol. The lowest BCUT2D eigenvalue weighted by molar-refractivity contribution is -0.289. The maximum absolute atomic E-state index is 14.2. The molecule has 1 saturated carbocycles. The summed E-state index contributed by atoms with van der Waals surface area (Å²) < 4.78 is 67.6. The number of nitrogens with zero attached hydrogens (tertiary/aromatic N) is 2. The van der Waals surface area contributed by atoms with Crippen LogP contribution in [0.5, 0.6) is 11.6 Å². The number of ether oxygens (including phenoxy) is 7. The molecule has 2 fully saturated rings. The van der Waals surface area contributed by atoms with Crippen molar-refractivity contribution in [2.45, 2.75) is 115 Å². The molecule has 2 aromatic heterocycles. The number of pyridine rings is 2. The predicted octanol–water partition coefficient (Wildman–Crippen LogP) is 4.12. The molecule has 1 aliphatic heterocycles. The first-order valence-electron chi connectivity index (χ1n) is 17.8. The lowest BCUT2D eigenvalue weighted by Gasteiger charge is -2.43. The van der Waals surface area contributed by atoms with Gasteiger partial charge in [-0.2, -0.15) is 8.78 Å². The SMILES string of the molecule is CC(=O)OCC1O[C@H](Oc2ccc(C[C@H](c3ccc(C(C)(C)O)nc3)c3ccc(C(O)(F)F)c(OC4CC4)c3)cn2)[C@H](OC(C)=O)C(OC(C)=O)[C@@H]1OC(C)=O. The summed E-state index contributed by atoms with van der Waals surface area (Å²) in [7, 11) is 0. The summed E-state index contributed by atoms with van der Waals surface area (Å²) in [5, 5.41) is 20.1. The minimum atomic E-state index is -4.13. The number of esters is 4. The van der Waals surface area contributed by atoms with Gasteiger partial charge in [-0.1, -0.05) is 18.2 Å². The van der Waals surface area contributed by atoms with Gasteiger partial charge in [0.05, 0.1) is 17.4 Å². The summed E-state index contributed by atoms with van der Waals surface area (Å²) >= 11 is 0. The van der Waals surface area contributed by atoms with Crippen molar-refractivity contribution in [2.24, 2.45) is 0 Å². The van der Waals surface area contributed by atoms with E-state index in [-0.39, 0.29) is 24.2 Å². The van der Waals surface area contributed by atoms with Crippen LogP contribution in [0.4, 0.5) is 8.78 Å². The molecule has 0 bridgehead atoms. The van der Waals surface area contributed by atoms with E-state index in [1.54, 1.807) is 38.2 Å². The summed E-state index contributed by atoms with van der Waals surface area (Å²) in [6.45, 7) is 7.22. The first-order valence-corrected chi connectivity index (χ1v) is 17.8. The topological polar surface area (TPSA) is 199 Å². The summed E-state index contributed by atoms with van der Waals surface area (Å²) in [6, 6.07) is 10.7. The van der Waals surface area contributed by atoms with Gasteiger partial charge in [0.1, 0.15) is 24.1 Å². The van der Waals surface area contributed by atoms with E-state index in [1.807, 2.05) is 0 Å². The number of carbonyl (C=O) groups is 4. The minimum Gasteiger partial charge on any atom is -0.490 e. The number of hydrogen-bond acceptors (Lipinski definition) is 15. The standard InChI is InChI=1S/C39H44F2N2O13/c1-20(44)50-19-31-34(51-21(2)45)35(52-22(3)46)36(53-23(4)47)37(55-31)56-33-14-7-24(17-43-33)15-28(26-9-13-32(42-18-26)38(5,6)48)25-8-12-29(39(40,41)49)30(16-25)54-27-10-11-27/h7-9,12-14,16-18,27-28,31,34-37,48-49H,10-11,15,19H2,1-6H3/t28-,31?,34+,35?,36+,37+/m0/s1. The number of carbonyl (C=O) groups excluding carboxylic acids is 4. The molecule has 6 atom stereocenters. The van der Waals surface area contributed by atoms with Crippen molar-refractivity contribution in [1.29, 1.82) is 0 Å². The van der Waals surface area contributed by atoms with E-state index in [4.69, 9.17) is 33.2 Å². The minimum absolute atomic E-state index is 0.0305. The Bertz CT molecular complexity index is 1880. The van der Waals surface area contributed by atoms with Crippen molar-refractivity contribution in [1.82, 2.24) is 9.97 Å². The average molecular weight is 787 g/mol. The molecule has 0 spiro atoms. The molecule has 1 aromatic carbocycles. The highest BCUT2D eigenvalue weighted by molar-refractivity contribution is 5.68. The Labute approximate surface area is 321 Å². The Morgan fingerprint density at radius 2 is 1.45 bits per heavy atom. The Morgan fingerprint density at radius 3 is 1.98 bits per heavy atom. The molecule has 1 aliphatic carbocycles. The second kappa shape index (κ2) is 17.3. The van der Waals surface area contributed by atoms with E-state index >= 15 is 0 Å². The van der Waals surface area contributed by atoms with Crippen LogP contribution in [0, 0.1) is 0 Å². The number of rotatable bonds is 15. The third kappa shape index (κ3) is 11.2. The molecule has 0 radical (unpaired) electrons. The van der Waals surface area contributed by atoms with Crippen LogP contribution in [0.1, 0.15) is 88.2 Å². The smallest absolute Gasteiger partial charge is 0.384 e. The molecule has 15 nitrogen and oxygen atoms in total. The van der Waals surface area contributed by atoms with Crippen LogP contribution in [0.3, 0.4) is 0 Å². The average Bonchev–Trinajstić information content (AvgIpc) is 3.92. The summed E-state index contributed by atoms with van der Waals surface area (Å²) in [6.07, 6.45) is -6.66. The van der Waals surface area contributed by atoms with Crippen molar-refractivity contribution in [2.75, 3.05) is 6.61 Å². The van der Waals surface area contributed by atoms with Crippen LogP contribution in [-0.2, 0) is 61.0 Å². The third-order valence-corrected chi connectivity index (χ3v) is 8.79. The van der Waals surface area contributed by atoms with Gasteiger partial charge in [0, 0.05) is 52.1 Å². The second-order valence-electron chi connectivity index (χ2n) is 14.1. The number of halogens is 2. The summed E-state index contributed by atoms with van der Waals surface area (Å²) in [5.41, 5.74) is 0.438. The molecule has 3 aromatic rings. The van der Waals surface area contributed by atoms with Gasteiger partial charge in [-0.05, 0) is 68.0 Å². The first kappa shape index (κ1) is 41.9. The molecule has 56 heavy (non-hydrogen) atoms. The second-order valence-corrected chi connectivity index (χ2v) is 14.1. The molecule has 17 heteroatoms. The van der Waals surface area contributed by atoms with Crippen LogP contribution in [-0.4, -0.2) is 87.5 Å². The largest absolute Gasteiger partial charge is 0.490 e. The van der Waals surface area contributed by atoms with Crippen LogP contribution >= 0.6 is 0 Å². The Kier molecular flexibility index (Phi) is 12.9. The molecule has 5 rings (SSSR count). The van der Waals surface area contributed by atoms with E-state index < -0.39 is 84.4 Å². The van der Waals surface area contributed by atoms with E-state index in [0.717, 1.165) is 33.8 Å². The van der Waals surface area contributed by atoms with Gasteiger partial charge in [-0.15, -0.1) is 0 Å². The Balaban J connectivity index is 1.46. The normalized spacial score (nSPS) is 21.6. The number of aromatic nitrogens is 2. The fourth-order valence-corrected chi connectivity index (χ4v) is 6.11. The Morgan fingerprint density at radius 1 is 0.804 bits per heavy atom. The third-order valence-electron chi connectivity index (χ3n) is 8.79. The Hall–Kier alpha value is -5.26. The van der Waals surface area contributed by atoms with Crippen LogP contribution < -0.4 is 9.47 Å². The first-order chi connectivity index (χ1) is 26.3. The highest BCUT2D eigenvalue weighted by atomic mass is 19.3. The van der Waals surface area contributed by atoms with Crippen LogP contribution in [0.25, 0.3) is 0 Å². The highest BCUT2D eigenvalue weighted by Crippen LogP contribution is 2.40. The zero-order valence-electron chi connectivity index (χ0n) is 31.6. The van der Waals surface area contributed by atoms with Crippen molar-refractivity contribution in [3.8, 4) is 11.6 Å². The summed E-state index contributed by atoms with van der Waals surface area (Å²) in [5.74, 6) is -3.73.